The third kappa shape index (κ3) is 4.68. The fraction of sp³-hybridized carbons (Fsp3) is 0.143. The highest BCUT2D eigenvalue weighted by Gasteiger charge is 2.15. The molecule has 0 unspecified atom stereocenters. The van der Waals surface area contributed by atoms with Crippen LogP contribution in [0, 0.1) is 17.0 Å². The Morgan fingerprint density at radius 2 is 2.14 bits per heavy atom. The molecule has 0 spiro atoms. The van der Waals surface area contributed by atoms with Gasteiger partial charge in [-0.1, -0.05) is 11.6 Å². The van der Waals surface area contributed by atoms with E-state index in [1.54, 1.807) is 10.8 Å². The summed E-state index contributed by atoms with van der Waals surface area (Å²) in [7, 11) is 0. The number of carbonyl (C=O) groups is 1. The molecule has 0 saturated heterocycles. The lowest BCUT2D eigenvalue weighted by Crippen LogP contribution is -3.00. The molecule has 0 saturated carbocycles. The van der Waals surface area contributed by atoms with Crippen LogP contribution < -0.4 is 22.3 Å². The number of carbonyl (C=O) groups excluding carboxylic acids is 1. The summed E-state index contributed by atoms with van der Waals surface area (Å²) in [6.07, 6.45) is 3.61. The highest BCUT2D eigenvalue weighted by Crippen LogP contribution is 2.27. The number of benzene rings is 1. The molecule has 0 atom stereocenters. The first kappa shape index (κ1) is 17.9. The predicted octanol–water partition coefficient (Wildman–Crippen LogP) is -0.513. The summed E-state index contributed by atoms with van der Waals surface area (Å²) in [5, 5.41) is 13.4. The highest BCUT2D eigenvalue weighted by molar-refractivity contribution is 6.32. The van der Waals surface area contributed by atoms with Crippen molar-refractivity contribution < 1.29 is 26.7 Å². The largest absolute Gasteiger partial charge is 1.00 e. The Labute approximate surface area is 138 Å². The minimum atomic E-state index is -0.590. The molecular formula is C14H13Cl2N3O3. The van der Waals surface area contributed by atoms with E-state index in [1.165, 1.54) is 18.2 Å². The van der Waals surface area contributed by atoms with Crippen LogP contribution in [0.1, 0.15) is 5.56 Å². The zero-order valence-corrected chi connectivity index (χ0v) is 13.1. The molecular weight excluding hydrogens is 329 g/mol. The summed E-state index contributed by atoms with van der Waals surface area (Å²) in [4.78, 5) is 22.1. The van der Waals surface area contributed by atoms with Crippen molar-refractivity contribution >= 4 is 28.9 Å². The van der Waals surface area contributed by atoms with Crippen molar-refractivity contribution in [3.05, 3.63) is 63.4 Å². The van der Waals surface area contributed by atoms with Gasteiger partial charge >= 0.3 is 0 Å². The molecule has 1 N–H and O–H groups in total. The zero-order valence-electron chi connectivity index (χ0n) is 11.6. The van der Waals surface area contributed by atoms with Gasteiger partial charge in [-0.05, 0) is 25.1 Å². The van der Waals surface area contributed by atoms with Gasteiger partial charge in [-0.3, -0.25) is 14.9 Å². The molecule has 0 fully saturated rings. The van der Waals surface area contributed by atoms with Gasteiger partial charge in [0.2, 0.25) is 6.54 Å². The van der Waals surface area contributed by atoms with Crippen molar-refractivity contribution in [3.63, 3.8) is 0 Å². The van der Waals surface area contributed by atoms with Crippen LogP contribution >= 0.6 is 11.6 Å². The number of hydrogen-bond donors (Lipinski definition) is 1. The Kier molecular flexibility index (Phi) is 6.27. The van der Waals surface area contributed by atoms with Crippen LogP contribution in [-0.4, -0.2) is 10.8 Å². The number of nitrogens with one attached hydrogen (secondary N) is 1. The van der Waals surface area contributed by atoms with Crippen LogP contribution in [0.25, 0.3) is 0 Å². The number of nitro groups is 1. The minimum Gasteiger partial charge on any atom is -1.00 e. The van der Waals surface area contributed by atoms with Gasteiger partial charge in [0, 0.05) is 23.4 Å². The molecule has 1 aromatic carbocycles. The number of hydrogen-bond acceptors (Lipinski definition) is 3. The Hall–Kier alpha value is -2.18. The molecule has 1 amide bonds. The van der Waals surface area contributed by atoms with Gasteiger partial charge in [-0.25, -0.2) is 0 Å². The first-order valence-electron chi connectivity index (χ1n) is 6.15. The predicted molar refractivity (Wildman–Crippen MR) is 78.1 cm³/mol. The van der Waals surface area contributed by atoms with Gasteiger partial charge in [0.05, 0.1) is 4.92 Å². The molecule has 0 radical (unpaired) electrons. The second kappa shape index (κ2) is 7.72. The molecule has 1 aromatic heterocycles. The Bertz CT molecular complexity index is 707. The number of halogens is 2. The summed E-state index contributed by atoms with van der Waals surface area (Å²) in [5.41, 5.74) is 1.13. The molecule has 6 nitrogen and oxygen atoms in total. The summed E-state index contributed by atoms with van der Waals surface area (Å²) in [6.45, 7) is 2.05. The minimum absolute atomic E-state index is 0. The zero-order chi connectivity index (χ0) is 15.4. The van der Waals surface area contributed by atoms with E-state index in [9.17, 15) is 14.9 Å². The Morgan fingerprint density at radius 3 is 2.77 bits per heavy atom. The lowest BCUT2D eigenvalue weighted by Gasteiger charge is -2.04. The molecule has 8 heteroatoms. The summed E-state index contributed by atoms with van der Waals surface area (Å²) in [5.74, 6) is -0.276. The first-order valence-corrected chi connectivity index (χ1v) is 6.53. The molecule has 116 valence electrons. The van der Waals surface area contributed by atoms with Gasteiger partial charge < -0.3 is 17.7 Å². The SMILES string of the molecule is Cc1ccc[n+](CC(=O)Nc2ccc(Cl)c([N+](=O)[O-])c2)c1.[Cl-]. The van der Waals surface area contributed by atoms with Gasteiger partial charge in [-0.15, -0.1) is 0 Å². The van der Waals surface area contributed by atoms with E-state index in [0.717, 1.165) is 5.56 Å². The highest BCUT2D eigenvalue weighted by atomic mass is 35.5. The van der Waals surface area contributed by atoms with E-state index in [4.69, 9.17) is 11.6 Å². The number of rotatable bonds is 4. The maximum absolute atomic E-state index is 11.9. The average molecular weight is 342 g/mol. The van der Waals surface area contributed by atoms with Crippen LogP contribution in [0.4, 0.5) is 11.4 Å². The van der Waals surface area contributed by atoms with Gasteiger partial charge in [0.1, 0.15) is 5.02 Å². The molecule has 22 heavy (non-hydrogen) atoms. The average Bonchev–Trinajstić information content (AvgIpc) is 2.40. The van der Waals surface area contributed by atoms with E-state index in [-0.39, 0.29) is 35.6 Å². The van der Waals surface area contributed by atoms with Crippen molar-refractivity contribution in [3.8, 4) is 0 Å². The Balaban J connectivity index is 0.00000242. The second-order valence-electron chi connectivity index (χ2n) is 4.53. The summed E-state index contributed by atoms with van der Waals surface area (Å²) < 4.78 is 1.73. The Morgan fingerprint density at radius 1 is 1.41 bits per heavy atom. The van der Waals surface area contributed by atoms with Crippen molar-refractivity contribution in [2.45, 2.75) is 13.5 Å². The van der Waals surface area contributed by atoms with E-state index >= 15 is 0 Å². The quantitative estimate of drug-likeness (QED) is 0.462. The van der Waals surface area contributed by atoms with Crippen molar-refractivity contribution in [2.24, 2.45) is 0 Å². The third-order valence-electron chi connectivity index (χ3n) is 2.76. The van der Waals surface area contributed by atoms with Gasteiger partial charge in [0.15, 0.2) is 12.4 Å². The number of anilines is 1. The number of nitro benzene ring substituents is 1. The van der Waals surface area contributed by atoms with Crippen LogP contribution in [-0.2, 0) is 11.3 Å². The number of nitrogens with zero attached hydrogens (tertiary/aromatic N) is 2. The van der Waals surface area contributed by atoms with Crippen molar-refractivity contribution in [2.75, 3.05) is 5.32 Å². The third-order valence-corrected chi connectivity index (χ3v) is 3.08. The van der Waals surface area contributed by atoms with Crippen molar-refractivity contribution in [1.29, 1.82) is 0 Å². The second-order valence-corrected chi connectivity index (χ2v) is 4.93. The normalized spacial score (nSPS) is 9.73. The number of amides is 1. The van der Waals surface area contributed by atoms with E-state index in [1.807, 2.05) is 25.3 Å². The van der Waals surface area contributed by atoms with Crippen LogP contribution in [0.3, 0.4) is 0 Å². The molecule has 1 heterocycles. The lowest BCUT2D eigenvalue weighted by atomic mass is 10.2. The van der Waals surface area contributed by atoms with Crippen LogP contribution in [0.15, 0.2) is 42.7 Å². The molecule has 0 bridgehead atoms. The fourth-order valence-corrected chi connectivity index (χ4v) is 2.03. The molecule has 0 aliphatic heterocycles. The summed E-state index contributed by atoms with van der Waals surface area (Å²) in [6, 6.07) is 7.91. The van der Waals surface area contributed by atoms with E-state index in [2.05, 4.69) is 5.32 Å². The van der Waals surface area contributed by atoms with Crippen LogP contribution in [0.2, 0.25) is 5.02 Å². The lowest BCUT2D eigenvalue weighted by molar-refractivity contribution is -0.684. The van der Waals surface area contributed by atoms with Gasteiger partial charge in [-0.2, -0.15) is 4.57 Å². The van der Waals surface area contributed by atoms with Gasteiger partial charge in [0.25, 0.3) is 11.6 Å². The smallest absolute Gasteiger partial charge is 0.290 e. The fourth-order valence-electron chi connectivity index (χ4n) is 1.85. The summed E-state index contributed by atoms with van der Waals surface area (Å²) >= 11 is 5.72. The van der Waals surface area contributed by atoms with E-state index in [0.29, 0.717) is 5.69 Å². The number of aryl methyl sites for hydroxylation is 1. The topological polar surface area (TPSA) is 76.1 Å². The van der Waals surface area contributed by atoms with E-state index < -0.39 is 4.92 Å². The molecule has 0 aliphatic carbocycles. The molecule has 0 aliphatic rings. The number of pyridine rings is 1. The maximum Gasteiger partial charge on any atom is 0.290 e. The van der Waals surface area contributed by atoms with Crippen molar-refractivity contribution in [1.82, 2.24) is 0 Å². The monoisotopic (exact) mass is 341 g/mol. The number of aromatic nitrogens is 1. The standard InChI is InChI=1S/C14H12ClN3O3.ClH/c1-10-3-2-6-17(8-10)9-14(19)16-11-4-5-12(15)13(7-11)18(20)21;/h2-8H,9H2,1H3;1H. The molecule has 2 aromatic rings. The molecule has 2 rings (SSSR count). The maximum atomic E-state index is 11.9. The first-order chi connectivity index (χ1) is 9.95. The van der Waals surface area contributed by atoms with Crippen LogP contribution in [0.5, 0.6) is 0 Å².